The molecule has 0 bridgehead atoms. The number of amides is 1. The van der Waals surface area contributed by atoms with Crippen molar-refractivity contribution < 1.29 is 22.4 Å². The van der Waals surface area contributed by atoms with Crippen LogP contribution in [0, 0.1) is 0 Å². The molecule has 19 heavy (non-hydrogen) atoms. The summed E-state index contributed by atoms with van der Waals surface area (Å²) < 4.78 is 33.9. The molecule has 1 rings (SSSR count). The minimum absolute atomic E-state index is 0.142. The lowest BCUT2D eigenvalue weighted by Crippen LogP contribution is -2.41. The van der Waals surface area contributed by atoms with Crippen molar-refractivity contribution in [3.63, 3.8) is 0 Å². The molecule has 0 saturated carbocycles. The minimum Gasteiger partial charge on any atom is -0.467 e. The molecular weight excluding hydrogens is 272 g/mol. The molecule has 0 fully saturated rings. The highest BCUT2D eigenvalue weighted by atomic mass is 32.2. The van der Waals surface area contributed by atoms with Crippen molar-refractivity contribution in [1.29, 1.82) is 0 Å². The SMILES string of the molecule is COCCN(CC(=O)NCc1ccco1)S(C)(=O)=O. The summed E-state index contributed by atoms with van der Waals surface area (Å²) in [5, 5.41) is 2.58. The van der Waals surface area contributed by atoms with Crippen molar-refractivity contribution in [2.24, 2.45) is 0 Å². The largest absolute Gasteiger partial charge is 0.467 e. The predicted octanol–water partition coefficient (Wildman–Crippen LogP) is -0.196. The first kappa shape index (κ1) is 15.7. The van der Waals surface area contributed by atoms with Gasteiger partial charge in [-0.15, -0.1) is 0 Å². The van der Waals surface area contributed by atoms with E-state index in [1.165, 1.54) is 13.4 Å². The first-order chi connectivity index (χ1) is 8.93. The van der Waals surface area contributed by atoms with Gasteiger partial charge in [-0.05, 0) is 12.1 Å². The molecule has 1 aromatic rings. The quantitative estimate of drug-likeness (QED) is 0.716. The minimum atomic E-state index is -3.44. The standard InChI is InChI=1S/C11H18N2O5S/c1-17-7-5-13(19(2,15)16)9-11(14)12-8-10-4-3-6-18-10/h3-4,6H,5,7-9H2,1-2H3,(H,12,14). The fourth-order valence-corrected chi connectivity index (χ4v) is 2.13. The summed E-state index contributed by atoms with van der Waals surface area (Å²) in [6, 6.07) is 3.43. The lowest BCUT2D eigenvalue weighted by Gasteiger charge is -2.18. The Hall–Kier alpha value is -1.38. The monoisotopic (exact) mass is 290 g/mol. The highest BCUT2D eigenvalue weighted by molar-refractivity contribution is 7.88. The number of furan rings is 1. The Morgan fingerprint density at radius 2 is 2.26 bits per heavy atom. The zero-order valence-corrected chi connectivity index (χ0v) is 11.8. The molecule has 0 aliphatic rings. The summed E-state index contributed by atoms with van der Waals surface area (Å²) in [7, 11) is -1.97. The summed E-state index contributed by atoms with van der Waals surface area (Å²) in [6.45, 7) is 0.374. The second-order valence-electron chi connectivity index (χ2n) is 3.95. The number of carbonyl (C=O) groups excluding carboxylic acids is 1. The van der Waals surface area contributed by atoms with Crippen LogP contribution in [0.5, 0.6) is 0 Å². The van der Waals surface area contributed by atoms with Gasteiger partial charge in [0.05, 0.1) is 32.2 Å². The van der Waals surface area contributed by atoms with Crippen LogP contribution in [0.4, 0.5) is 0 Å². The summed E-state index contributed by atoms with van der Waals surface area (Å²) in [4.78, 5) is 11.7. The number of hydrogen-bond donors (Lipinski definition) is 1. The van der Waals surface area contributed by atoms with Gasteiger partial charge in [-0.25, -0.2) is 8.42 Å². The number of ether oxygens (including phenoxy) is 1. The van der Waals surface area contributed by atoms with E-state index in [4.69, 9.17) is 9.15 Å². The number of methoxy groups -OCH3 is 1. The van der Waals surface area contributed by atoms with Gasteiger partial charge in [-0.3, -0.25) is 4.79 Å². The van der Waals surface area contributed by atoms with E-state index in [0.717, 1.165) is 10.6 Å². The second-order valence-corrected chi connectivity index (χ2v) is 5.93. The Labute approximate surface area is 112 Å². The second kappa shape index (κ2) is 7.27. The number of rotatable bonds is 8. The average molecular weight is 290 g/mol. The van der Waals surface area contributed by atoms with Crippen LogP contribution in [0.2, 0.25) is 0 Å². The molecule has 1 aromatic heterocycles. The zero-order chi connectivity index (χ0) is 14.3. The maximum absolute atomic E-state index is 11.7. The van der Waals surface area contributed by atoms with E-state index in [0.29, 0.717) is 5.76 Å². The average Bonchev–Trinajstić information content (AvgIpc) is 2.83. The van der Waals surface area contributed by atoms with Crippen molar-refractivity contribution in [3.05, 3.63) is 24.2 Å². The maximum atomic E-state index is 11.7. The fraction of sp³-hybridized carbons (Fsp3) is 0.545. The van der Waals surface area contributed by atoms with Gasteiger partial charge in [-0.2, -0.15) is 4.31 Å². The van der Waals surface area contributed by atoms with Crippen molar-refractivity contribution in [1.82, 2.24) is 9.62 Å². The molecule has 0 aliphatic heterocycles. The predicted molar refractivity (Wildman–Crippen MR) is 68.8 cm³/mol. The van der Waals surface area contributed by atoms with Crippen LogP contribution in [-0.2, 0) is 26.1 Å². The molecule has 0 saturated heterocycles. The third-order valence-electron chi connectivity index (χ3n) is 2.37. The van der Waals surface area contributed by atoms with E-state index in [2.05, 4.69) is 5.32 Å². The molecular formula is C11H18N2O5S. The van der Waals surface area contributed by atoms with Gasteiger partial charge in [0, 0.05) is 13.7 Å². The zero-order valence-electron chi connectivity index (χ0n) is 11.0. The fourth-order valence-electron chi connectivity index (χ4n) is 1.37. The number of carbonyl (C=O) groups is 1. The molecule has 1 amide bonds. The van der Waals surface area contributed by atoms with E-state index in [1.807, 2.05) is 0 Å². The molecule has 0 radical (unpaired) electrons. The smallest absolute Gasteiger partial charge is 0.235 e. The summed E-state index contributed by atoms with van der Waals surface area (Å²) in [5.41, 5.74) is 0. The molecule has 108 valence electrons. The van der Waals surface area contributed by atoms with Crippen LogP contribution >= 0.6 is 0 Å². The maximum Gasteiger partial charge on any atom is 0.235 e. The molecule has 0 aromatic carbocycles. The van der Waals surface area contributed by atoms with E-state index in [-0.39, 0.29) is 26.2 Å². The summed E-state index contributed by atoms with van der Waals surface area (Å²) in [5.74, 6) is 0.217. The van der Waals surface area contributed by atoms with E-state index >= 15 is 0 Å². The molecule has 1 heterocycles. The molecule has 0 spiro atoms. The van der Waals surface area contributed by atoms with Gasteiger partial charge in [0.1, 0.15) is 5.76 Å². The number of sulfonamides is 1. The van der Waals surface area contributed by atoms with Crippen LogP contribution < -0.4 is 5.32 Å². The molecule has 0 atom stereocenters. The molecule has 8 heteroatoms. The third kappa shape index (κ3) is 5.86. The van der Waals surface area contributed by atoms with Gasteiger partial charge >= 0.3 is 0 Å². The van der Waals surface area contributed by atoms with E-state index < -0.39 is 15.9 Å². The number of nitrogens with one attached hydrogen (secondary N) is 1. The van der Waals surface area contributed by atoms with E-state index in [9.17, 15) is 13.2 Å². The van der Waals surface area contributed by atoms with Gasteiger partial charge in [0.2, 0.25) is 15.9 Å². The van der Waals surface area contributed by atoms with Crippen LogP contribution in [0.25, 0.3) is 0 Å². The summed E-state index contributed by atoms with van der Waals surface area (Å²) >= 11 is 0. The van der Waals surface area contributed by atoms with Gasteiger partial charge < -0.3 is 14.5 Å². The Morgan fingerprint density at radius 1 is 1.53 bits per heavy atom. The first-order valence-electron chi connectivity index (χ1n) is 5.66. The third-order valence-corrected chi connectivity index (χ3v) is 3.62. The van der Waals surface area contributed by atoms with Gasteiger partial charge in [0.15, 0.2) is 0 Å². The topological polar surface area (TPSA) is 88.8 Å². The van der Waals surface area contributed by atoms with Gasteiger partial charge in [0.25, 0.3) is 0 Å². The molecule has 0 unspecified atom stereocenters. The number of nitrogens with zero attached hydrogens (tertiary/aromatic N) is 1. The Morgan fingerprint density at radius 3 is 2.79 bits per heavy atom. The van der Waals surface area contributed by atoms with Gasteiger partial charge in [-0.1, -0.05) is 0 Å². The van der Waals surface area contributed by atoms with Crippen LogP contribution in [-0.4, -0.2) is 51.7 Å². The number of hydrogen-bond acceptors (Lipinski definition) is 5. The molecule has 1 N–H and O–H groups in total. The first-order valence-corrected chi connectivity index (χ1v) is 7.51. The normalized spacial score (nSPS) is 11.7. The van der Waals surface area contributed by atoms with Crippen LogP contribution in [0.15, 0.2) is 22.8 Å². The van der Waals surface area contributed by atoms with Crippen molar-refractivity contribution >= 4 is 15.9 Å². The Balaban J connectivity index is 2.46. The highest BCUT2D eigenvalue weighted by Gasteiger charge is 2.19. The van der Waals surface area contributed by atoms with Crippen molar-refractivity contribution in [3.8, 4) is 0 Å². The van der Waals surface area contributed by atoms with Crippen molar-refractivity contribution in [2.75, 3.05) is 33.1 Å². The Kier molecular flexibility index (Phi) is 6.00. The lowest BCUT2D eigenvalue weighted by atomic mass is 10.4. The summed E-state index contributed by atoms with van der Waals surface area (Å²) in [6.07, 6.45) is 2.56. The van der Waals surface area contributed by atoms with Crippen LogP contribution in [0.1, 0.15) is 5.76 Å². The lowest BCUT2D eigenvalue weighted by molar-refractivity contribution is -0.121. The molecule has 7 nitrogen and oxygen atoms in total. The van der Waals surface area contributed by atoms with E-state index in [1.54, 1.807) is 12.1 Å². The molecule has 0 aliphatic carbocycles. The van der Waals surface area contributed by atoms with Crippen LogP contribution in [0.3, 0.4) is 0 Å². The highest BCUT2D eigenvalue weighted by Crippen LogP contribution is 2.00. The Bertz CT molecular complexity index is 483. The van der Waals surface area contributed by atoms with Crippen molar-refractivity contribution in [2.45, 2.75) is 6.54 Å².